The monoisotopic (exact) mass is 292 g/mol. The van der Waals surface area contributed by atoms with Gasteiger partial charge in [0.25, 0.3) is 10.0 Å². The molecule has 0 aliphatic carbocycles. The molecule has 8 nitrogen and oxygen atoms in total. The average molecular weight is 292 g/mol. The lowest BCUT2D eigenvalue weighted by atomic mass is 10.4. The van der Waals surface area contributed by atoms with Gasteiger partial charge in [0, 0.05) is 19.9 Å². The molecule has 108 valence electrons. The molecule has 1 rings (SSSR count). The summed E-state index contributed by atoms with van der Waals surface area (Å²) < 4.78 is 29.7. The van der Waals surface area contributed by atoms with E-state index in [0.29, 0.717) is 6.54 Å². The van der Waals surface area contributed by atoms with Gasteiger partial charge in [-0.25, -0.2) is 13.2 Å². The van der Waals surface area contributed by atoms with E-state index in [2.05, 4.69) is 0 Å². The van der Waals surface area contributed by atoms with Crippen LogP contribution in [0.15, 0.2) is 17.2 Å². The summed E-state index contributed by atoms with van der Waals surface area (Å²) in [6.07, 6.45) is 1.24. The Balaban J connectivity index is 2.86. The first-order valence-electron chi connectivity index (χ1n) is 5.48. The second-order valence-electron chi connectivity index (χ2n) is 3.58. The van der Waals surface area contributed by atoms with Crippen molar-refractivity contribution in [2.24, 2.45) is 0 Å². The molecule has 0 saturated heterocycles. The molecule has 0 amide bonds. The number of carbonyl (C=O) groups is 1. The van der Waals surface area contributed by atoms with Gasteiger partial charge in [-0.15, -0.1) is 0 Å². The van der Waals surface area contributed by atoms with Crippen LogP contribution >= 0.6 is 0 Å². The molecule has 0 bridgehead atoms. The largest absolute Gasteiger partial charge is 0.477 e. The Morgan fingerprint density at radius 3 is 2.63 bits per heavy atom. The summed E-state index contributed by atoms with van der Waals surface area (Å²) in [7, 11) is -2.44. The van der Waals surface area contributed by atoms with Crippen LogP contribution in [0.4, 0.5) is 0 Å². The minimum atomic E-state index is -3.90. The first-order chi connectivity index (χ1) is 8.92. The van der Waals surface area contributed by atoms with E-state index in [9.17, 15) is 13.2 Å². The van der Waals surface area contributed by atoms with Crippen LogP contribution in [0.25, 0.3) is 0 Å². The molecule has 1 heterocycles. The molecule has 0 aromatic carbocycles. The Kier molecular flexibility index (Phi) is 5.48. The average Bonchev–Trinajstić information content (AvgIpc) is 2.79. The molecule has 0 spiro atoms. The van der Waals surface area contributed by atoms with Crippen LogP contribution < -0.4 is 4.89 Å². The molecular weight excluding hydrogens is 276 g/mol. The van der Waals surface area contributed by atoms with Crippen molar-refractivity contribution in [1.29, 1.82) is 0 Å². The number of methoxy groups -OCH3 is 1. The molecule has 0 saturated carbocycles. The van der Waals surface area contributed by atoms with E-state index < -0.39 is 16.0 Å². The molecule has 0 aliphatic rings. The highest BCUT2D eigenvalue weighted by molar-refractivity contribution is 7.89. The minimum absolute atomic E-state index is 0.0516. The number of rotatable bonds is 8. The maximum atomic E-state index is 11.8. The fraction of sp³-hybridized carbons (Fsp3) is 0.500. The molecule has 19 heavy (non-hydrogen) atoms. The van der Waals surface area contributed by atoms with Crippen molar-refractivity contribution in [1.82, 2.24) is 9.45 Å². The normalized spacial score (nSPS) is 11.7. The number of carboxylic acids is 1. The Hall–Kier alpha value is -1.42. The van der Waals surface area contributed by atoms with Crippen molar-refractivity contribution in [3.63, 3.8) is 0 Å². The van der Waals surface area contributed by atoms with E-state index in [-0.39, 0.29) is 23.8 Å². The molecule has 0 atom stereocenters. The zero-order chi connectivity index (χ0) is 14.5. The maximum Gasteiger partial charge on any atom is 0.352 e. The van der Waals surface area contributed by atoms with Crippen LogP contribution in [-0.4, -0.2) is 44.4 Å². The molecule has 1 aromatic rings. The lowest BCUT2D eigenvalue weighted by Crippen LogP contribution is -2.25. The fourth-order valence-corrected chi connectivity index (χ4v) is 2.23. The zero-order valence-corrected chi connectivity index (χ0v) is 11.4. The molecule has 0 unspecified atom stereocenters. The van der Waals surface area contributed by atoms with Crippen LogP contribution in [0.3, 0.4) is 0 Å². The Bertz CT molecular complexity index is 536. The number of sulfonamides is 1. The van der Waals surface area contributed by atoms with Gasteiger partial charge in [-0.05, 0) is 13.0 Å². The molecule has 1 aromatic heterocycles. The van der Waals surface area contributed by atoms with E-state index in [1.807, 2.05) is 4.89 Å². The first kappa shape index (κ1) is 15.6. The smallest absolute Gasteiger partial charge is 0.352 e. The van der Waals surface area contributed by atoms with Gasteiger partial charge in [-0.3, -0.25) is 4.84 Å². The third-order valence-corrected chi connectivity index (χ3v) is 3.48. The van der Waals surface area contributed by atoms with Crippen LogP contribution in [0, 0.1) is 0 Å². The Morgan fingerprint density at radius 1 is 1.47 bits per heavy atom. The SMILES string of the molecule is CCn1cc(S(=O)(=O)NOCCOC)cc1C(=O)O. The summed E-state index contributed by atoms with van der Waals surface area (Å²) in [6, 6.07) is 1.08. The van der Waals surface area contributed by atoms with Crippen LogP contribution in [0.5, 0.6) is 0 Å². The molecule has 0 radical (unpaired) electrons. The van der Waals surface area contributed by atoms with Crippen LogP contribution in [0.1, 0.15) is 17.4 Å². The van der Waals surface area contributed by atoms with Gasteiger partial charge in [-0.2, -0.15) is 0 Å². The second kappa shape index (κ2) is 6.66. The van der Waals surface area contributed by atoms with Gasteiger partial charge in [0.1, 0.15) is 10.6 Å². The lowest BCUT2D eigenvalue weighted by Gasteiger charge is -2.04. The molecule has 9 heteroatoms. The summed E-state index contributed by atoms with van der Waals surface area (Å²) in [5.41, 5.74) is -0.0974. The highest BCUT2D eigenvalue weighted by Gasteiger charge is 2.21. The van der Waals surface area contributed by atoms with Crippen molar-refractivity contribution in [2.75, 3.05) is 20.3 Å². The Labute approximate surface area is 110 Å². The van der Waals surface area contributed by atoms with Crippen molar-refractivity contribution in [2.45, 2.75) is 18.4 Å². The number of nitrogens with one attached hydrogen (secondary N) is 1. The van der Waals surface area contributed by atoms with Crippen molar-refractivity contribution >= 4 is 16.0 Å². The number of hydrogen-bond acceptors (Lipinski definition) is 5. The zero-order valence-electron chi connectivity index (χ0n) is 10.6. The highest BCUT2D eigenvalue weighted by atomic mass is 32.2. The van der Waals surface area contributed by atoms with Gasteiger partial charge in [0.2, 0.25) is 0 Å². The number of carboxylic acid groups (broad SMARTS) is 1. The molecular formula is C10H16N2O6S. The fourth-order valence-electron chi connectivity index (χ4n) is 1.36. The van der Waals surface area contributed by atoms with Crippen LogP contribution in [0.2, 0.25) is 0 Å². The van der Waals surface area contributed by atoms with E-state index in [1.54, 1.807) is 6.92 Å². The summed E-state index contributed by atoms with van der Waals surface area (Å²) in [5.74, 6) is -1.19. The van der Waals surface area contributed by atoms with E-state index in [4.69, 9.17) is 14.7 Å². The van der Waals surface area contributed by atoms with Gasteiger partial charge in [-0.1, -0.05) is 4.89 Å². The third kappa shape index (κ3) is 4.03. The summed E-state index contributed by atoms with van der Waals surface area (Å²) >= 11 is 0. The van der Waals surface area contributed by atoms with E-state index >= 15 is 0 Å². The van der Waals surface area contributed by atoms with Gasteiger partial charge in [0.15, 0.2) is 0 Å². The topological polar surface area (TPSA) is 107 Å². The number of aryl methyl sites for hydroxylation is 1. The molecule has 0 fully saturated rings. The predicted molar refractivity (Wildman–Crippen MR) is 65.2 cm³/mol. The molecule has 0 aliphatic heterocycles. The summed E-state index contributed by atoms with van der Waals surface area (Å²) in [5, 5.41) is 8.94. The number of aromatic carboxylic acids is 1. The number of aromatic nitrogens is 1. The number of nitrogens with zero attached hydrogens (tertiary/aromatic N) is 1. The van der Waals surface area contributed by atoms with Gasteiger partial charge in [0.05, 0.1) is 13.2 Å². The number of hydrogen-bond donors (Lipinski definition) is 2. The highest BCUT2D eigenvalue weighted by Crippen LogP contribution is 2.14. The summed E-state index contributed by atoms with van der Waals surface area (Å²) in [4.78, 5) is 17.4. The third-order valence-electron chi connectivity index (χ3n) is 2.30. The van der Waals surface area contributed by atoms with Crippen molar-refractivity contribution in [3.8, 4) is 0 Å². The van der Waals surface area contributed by atoms with Gasteiger partial charge < -0.3 is 14.4 Å². The standard InChI is InChI=1S/C10H16N2O6S/c1-3-12-7-8(6-9(12)10(13)14)19(15,16)11-18-5-4-17-2/h6-7,11H,3-5H2,1-2H3,(H,13,14). The quantitative estimate of drug-likeness (QED) is 0.518. The Morgan fingerprint density at radius 2 is 2.16 bits per heavy atom. The van der Waals surface area contributed by atoms with Crippen LogP contribution in [-0.2, 0) is 26.1 Å². The first-order valence-corrected chi connectivity index (χ1v) is 6.96. The molecule has 2 N–H and O–H groups in total. The second-order valence-corrected chi connectivity index (χ2v) is 5.23. The summed E-state index contributed by atoms with van der Waals surface area (Å²) in [6.45, 7) is 2.35. The van der Waals surface area contributed by atoms with Crippen molar-refractivity contribution in [3.05, 3.63) is 18.0 Å². The minimum Gasteiger partial charge on any atom is -0.477 e. The maximum absolute atomic E-state index is 11.8. The van der Waals surface area contributed by atoms with E-state index in [1.165, 1.54) is 17.9 Å². The van der Waals surface area contributed by atoms with Gasteiger partial charge >= 0.3 is 5.97 Å². The lowest BCUT2D eigenvalue weighted by molar-refractivity contribution is 0.0438. The van der Waals surface area contributed by atoms with Crippen molar-refractivity contribution < 1.29 is 27.9 Å². The number of ether oxygens (including phenoxy) is 1. The van der Waals surface area contributed by atoms with E-state index in [0.717, 1.165) is 6.07 Å². The predicted octanol–water partition coefficient (Wildman–Crippen LogP) is 0.0625.